The molecule has 4 nitrogen and oxygen atoms in total. The Morgan fingerprint density at radius 2 is 1.71 bits per heavy atom. The summed E-state index contributed by atoms with van der Waals surface area (Å²) in [6.45, 7) is 7.87. The number of nitrogens with one attached hydrogen (secondary N) is 2. The van der Waals surface area contributed by atoms with Gasteiger partial charge in [0.1, 0.15) is 0 Å². The molecule has 24 heavy (non-hydrogen) atoms. The number of nitrogens with zero attached hydrogens (tertiary/aromatic N) is 1. The summed E-state index contributed by atoms with van der Waals surface area (Å²) in [4.78, 5) is 17.0. The minimum atomic E-state index is -0.218. The topological polar surface area (TPSA) is 54.0 Å². The van der Waals surface area contributed by atoms with Gasteiger partial charge in [-0.2, -0.15) is 0 Å². The maximum Gasteiger partial charge on any atom is 0.270 e. The lowest BCUT2D eigenvalue weighted by molar-refractivity contribution is 0.0944. The highest BCUT2D eigenvalue weighted by atomic mass is 16.2. The van der Waals surface area contributed by atoms with Crippen LogP contribution >= 0.6 is 0 Å². The third-order valence-corrected chi connectivity index (χ3v) is 3.82. The van der Waals surface area contributed by atoms with Gasteiger partial charge in [0, 0.05) is 11.1 Å². The van der Waals surface area contributed by atoms with Gasteiger partial charge in [-0.25, -0.2) is 0 Å². The number of benzene rings is 2. The molecule has 0 atom stereocenters. The van der Waals surface area contributed by atoms with Crippen LogP contribution in [0.3, 0.4) is 0 Å². The number of amides is 1. The van der Waals surface area contributed by atoms with Crippen LogP contribution in [-0.4, -0.2) is 10.9 Å². The van der Waals surface area contributed by atoms with Crippen molar-refractivity contribution in [2.75, 3.05) is 0 Å². The summed E-state index contributed by atoms with van der Waals surface area (Å²) in [6, 6.07) is 17.3. The zero-order chi connectivity index (χ0) is 17.1. The molecule has 0 fully saturated rings. The van der Waals surface area contributed by atoms with Gasteiger partial charge in [0.15, 0.2) is 0 Å². The van der Waals surface area contributed by atoms with Gasteiger partial charge >= 0.3 is 0 Å². The van der Waals surface area contributed by atoms with Crippen LogP contribution in [0.1, 0.15) is 27.2 Å². The zero-order valence-corrected chi connectivity index (χ0v) is 13.8. The Morgan fingerprint density at radius 3 is 2.46 bits per heavy atom. The first-order valence-electron chi connectivity index (χ1n) is 7.73. The fraction of sp³-hybridized carbons (Fsp3) is 0.100. The van der Waals surface area contributed by atoms with Gasteiger partial charge in [0.25, 0.3) is 5.91 Å². The monoisotopic (exact) mass is 317 g/mol. The van der Waals surface area contributed by atoms with Crippen molar-refractivity contribution in [1.29, 1.82) is 0 Å². The van der Waals surface area contributed by atoms with E-state index in [1.165, 1.54) is 5.56 Å². The van der Waals surface area contributed by atoms with Crippen molar-refractivity contribution in [2.24, 2.45) is 0 Å². The Morgan fingerprint density at radius 1 is 1.00 bits per heavy atom. The lowest BCUT2D eigenvalue weighted by Crippen LogP contribution is -2.36. The normalized spacial score (nSPS) is 10.4. The molecule has 0 aliphatic rings. The molecule has 120 valence electrons. The molecular weight excluding hydrogens is 298 g/mol. The number of pyridine rings is 1. The van der Waals surface area contributed by atoms with Gasteiger partial charge in [-0.3, -0.25) is 20.6 Å². The van der Waals surface area contributed by atoms with Crippen LogP contribution < -0.4 is 10.9 Å². The number of aromatic nitrogens is 1. The molecule has 0 unspecified atom stereocenters. The largest absolute Gasteiger partial charge is 0.298 e. The summed E-state index contributed by atoms with van der Waals surface area (Å²) in [5, 5.41) is 0.823. The van der Waals surface area contributed by atoms with Crippen molar-refractivity contribution < 1.29 is 4.79 Å². The summed E-state index contributed by atoms with van der Waals surface area (Å²) in [5.41, 5.74) is 10.5. The molecule has 0 radical (unpaired) electrons. The van der Waals surface area contributed by atoms with Gasteiger partial charge in [-0.1, -0.05) is 54.6 Å². The Hall–Kier alpha value is -3.14. The minimum absolute atomic E-state index is 0.218. The van der Waals surface area contributed by atoms with Crippen LogP contribution in [0.25, 0.3) is 16.6 Å². The number of rotatable bonds is 4. The second-order valence-corrected chi connectivity index (χ2v) is 5.75. The van der Waals surface area contributed by atoms with E-state index < -0.39 is 0 Å². The maximum atomic E-state index is 12.6. The number of hydrazine groups is 1. The molecule has 2 N–H and O–H groups in total. The van der Waals surface area contributed by atoms with E-state index in [-0.39, 0.29) is 5.91 Å². The lowest BCUT2D eigenvalue weighted by atomic mass is 10.1. The Balaban J connectivity index is 1.78. The molecule has 1 amide bonds. The number of hydrogen-bond donors (Lipinski definition) is 2. The van der Waals surface area contributed by atoms with Crippen LogP contribution in [0.2, 0.25) is 0 Å². The minimum Gasteiger partial charge on any atom is -0.298 e. The first-order valence-corrected chi connectivity index (χ1v) is 7.73. The molecular formula is C20H19N3O. The number of aryl methyl sites for hydroxylation is 2. The summed E-state index contributed by atoms with van der Waals surface area (Å²) < 4.78 is 0. The van der Waals surface area contributed by atoms with Gasteiger partial charge in [-0.15, -0.1) is 0 Å². The number of carbonyl (C=O) groups is 1. The number of para-hydroxylation sites is 1. The van der Waals surface area contributed by atoms with Crippen LogP contribution in [0.15, 0.2) is 61.2 Å². The summed E-state index contributed by atoms with van der Waals surface area (Å²) in [7, 11) is 0. The first kappa shape index (κ1) is 15.7. The molecule has 0 bridgehead atoms. The number of fused-ring (bicyclic) bond motifs is 1. The Kier molecular flexibility index (Phi) is 4.29. The zero-order valence-electron chi connectivity index (χ0n) is 13.8. The standard InChI is InChI=1S/C20H19N3O/c1-13-8-10-16(11-9-13)15(3)22-23-20(24)18-12-14(2)21-19-7-5-4-6-17(18)19/h4-12,22H,3H2,1-2H3,(H,23,24). The molecule has 0 saturated carbocycles. The number of carbonyl (C=O) groups excluding carboxylic acids is 1. The fourth-order valence-electron chi connectivity index (χ4n) is 2.52. The Labute approximate surface area is 141 Å². The smallest absolute Gasteiger partial charge is 0.270 e. The molecule has 4 heteroatoms. The number of hydrogen-bond acceptors (Lipinski definition) is 3. The van der Waals surface area contributed by atoms with Crippen molar-refractivity contribution in [3.63, 3.8) is 0 Å². The molecule has 3 aromatic rings. The highest BCUT2D eigenvalue weighted by molar-refractivity contribution is 6.06. The second kappa shape index (κ2) is 6.54. The van der Waals surface area contributed by atoms with E-state index in [2.05, 4.69) is 22.4 Å². The predicted octanol–water partition coefficient (Wildman–Crippen LogP) is 3.76. The molecule has 0 aliphatic heterocycles. The van der Waals surface area contributed by atoms with E-state index in [9.17, 15) is 4.79 Å². The van der Waals surface area contributed by atoms with Crippen molar-refractivity contribution in [3.8, 4) is 0 Å². The van der Waals surface area contributed by atoms with Crippen molar-refractivity contribution >= 4 is 22.5 Å². The predicted molar refractivity (Wildman–Crippen MR) is 97.3 cm³/mol. The maximum absolute atomic E-state index is 12.6. The van der Waals surface area contributed by atoms with E-state index in [1.54, 1.807) is 6.07 Å². The molecule has 2 aromatic carbocycles. The SMILES string of the molecule is C=C(NNC(=O)c1cc(C)nc2ccccc12)c1ccc(C)cc1. The fourth-order valence-corrected chi connectivity index (χ4v) is 2.52. The summed E-state index contributed by atoms with van der Waals surface area (Å²) in [5.74, 6) is -0.218. The van der Waals surface area contributed by atoms with E-state index in [4.69, 9.17) is 0 Å². The lowest BCUT2D eigenvalue weighted by Gasteiger charge is -2.13. The quantitative estimate of drug-likeness (QED) is 0.720. The summed E-state index contributed by atoms with van der Waals surface area (Å²) >= 11 is 0. The van der Waals surface area contributed by atoms with E-state index in [0.29, 0.717) is 11.3 Å². The van der Waals surface area contributed by atoms with Gasteiger partial charge < -0.3 is 0 Å². The van der Waals surface area contributed by atoms with Gasteiger partial charge in [-0.05, 0) is 31.5 Å². The van der Waals surface area contributed by atoms with E-state index in [0.717, 1.165) is 22.2 Å². The molecule has 1 aromatic heterocycles. The summed E-state index contributed by atoms with van der Waals surface area (Å²) in [6.07, 6.45) is 0. The Bertz CT molecular complexity index is 914. The average Bonchev–Trinajstić information content (AvgIpc) is 2.59. The molecule has 3 rings (SSSR count). The van der Waals surface area contributed by atoms with E-state index in [1.807, 2.05) is 62.4 Å². The third kappa shape index (κ3) is 3.27. The molecule has 0 aliphatic carbocycles. The molecule has 1 heterocycles. The van der Waals surface area contributed by atoms with E-state index >= 15 is 0 Å². The van der Waals surface area contributed by atoms with Crippen LogP contribution in [-0.2, 0) is 0 Å². The van der Waals surface area contributed by atoms with Crippen LogP contribution in [0.4, 0.5) is 0 Å². The van der Waals surface area contributed by atoms with Crippen LogP contribution in [0.5, 0.6) is 0 Å². The third-order valence-electron chi connectivity index (χ3n) is 3.82. The highest BCUT2D eigenvalue weighted by Crippen LogP contribution is 2.18. The van der Waals surface area contributed by atoms with Crippen molar-refractivity contribution in [2.45, 2.75) is 13.8 Å². The second-order valence-electron chi connectivity index (χ2n) is 5.75. The first-order chi connectivity index (χ1) is 11.5. The highest BCUT2D eigenvalue weighted by Gasteiger charge is 2.12. The average molecular weight is 317 g/mol. The van der Waals surface area contributed by atoms with Crippen molar-refractivity contribution in [3.05, 3.63) is 83.6 Å². The van der Waals surface area contributed by atoms with Crippen molar-refractivity contribution in [1.82, 2.24) is 15.8 Å². The van der Waals surface area contributed by atoms with Gasteiger partial charge in [0.2, 0.25) is 0 Å². The van der Waals surface area contributed by atoms with Crippen LogP contribution in [0, 0.1) is 13.8 Å². The molecule has 0 spiro atoms. The van der Waals surface area contributed by atoms with Gasteiger partial charge in [0.05, 0.1) is 16.8 Å². The molecule has 0 saturated heterocycles.